The minimum absolute atomic E-state index is 0. The van der Waals surface area contributed by atoms with E-state index in [1.165, 1.54) is 0 Å². The molecular formula is C14H29IN4O3. The summed E-state index contributed by atoms with van der Waals surface area (Å²) in [6.45, 7) is 7.42. The second-order valence-corrected chi connectivity index (χ2v) is 5.29. The Morgan fingerprint density at radius 3 is 2.73 bits per heavy atom. The summed E-state index contributed by atoms with van der Waals surface area (Å²) < 4.78 is 10.6. The van der Waals surface area contributed by atoms with Gasteiger partial charge in [0.2, 0.25) is 5.91 Å². The summed E-state index contributed by atoms with van der Waals surface area (Å²) in [7, 11) is 1.60. The average molecular weight is 428 g/mol. The summed E-state index contributed by atoms with van der Waals surface area (Å²) in [5.41, 5.74) is -0.142. The molecule has 1 rings (SSSR count). The van der Waals surface area contributed by atoms with Crippen molar-refractivity contribution in [3.05, 3.63) is 0 Å². The molecule has 0 saturated carbocycles. The van der Waals surface area contributed by atoms with Crippen molar-refractivity contribution in [1.29, 1.82) is 0 Å². The lowest BCUT2D eigenvalue weighted by atomic mass is 10.0. The fourth-order valence-electron chi connectivity index (χ4n) is 2.09. The predicted molar refractivity (Wildman–Crippen MR) is 97.9 cm³/mol. The number of rotatable bonds is 8. The number of hydrogen-bond donors (Lipinski definition) is 3. The van der Waals surface area contributed by atoms with Gasteiger partial charge in [-0.2, -0.15) is 0 Å². The third-order valence-corrected chi connectivity index (χ3v) is 3.28. The summed E-state index contributed by atoms with van der Waals surface area (Å²) in [5.74, 6) is 0.517. The smallest absolute Gasteiger partial charge is 0.241 e. The Kier molecular flexibility index (Phi) is 11.6. The Bertz CT molecular complexity index is 347. The van der Waals surface area contributed by atoms with Crippen molar-refractivity contribution in [2.24, 2.45) is 4.99 Å². The second-order valence-electron chi connectivity index (χ2n) is 5.29. The topological polar surface area (TPSA) is 84.0 Å². The Balaban J connectivity index is 0.00000441. The SMILES string of the molecule is CCNC(=NCC(=O)NCCOC)NCC1(C)CCCO1.I. The van der Waals surface area contributed by atoms with Crippen molar-refractivity contribution in [1.82, 2.24) is 16.0 Å². The zero-order chi connectivity index (χ0) is 15.6. The fraction of sp³-hybridized carbons (Fsp3) is 0.857. The molecule has 1 saturated heterocycles. The summed E-state index contributed by atoms with van der Waals surface area (Å²) in [6.07, 6.45) is 2.13. The van der Waals surface area contributed by atoms with E-state index in [0.29, 0.717) is 25.7 Å². The first kappa shape index (κ1) is 21.4. The number of ether oxygens (including phenoxy) is 2. The maximum absolute atomic E-state index is 11.6. The number of aliphatic imine (C=N–C) groups is 1. The Morgan fingerprint density at radius 1 is 1.36 bits per heavy atom. The van der Waals surface area contributed by atoms with Gasteiger partial charge in [-0.05, 0) is 26.7 Å². The zero-order valence-electron chi connectivity index (χ0n) is 13.7. The van der Waals surface area contributed by atoms with Gasteiger partial charge in [0, 0.05) is 33.4 Å². The first-order valence-electron chi connectivity index (χ1n) is 7.51. The molecular weight excluding hydrogens is 399 g/mol. The molecule has 22 heavy (non-hydrogen) atoms. The highest BCUT2D eigenvalue weighted by Gasteiger charge is 2.29. The van der Waals surface area contributed by atoms with Crippen molar-refractivity contribution in [3.8, 4) is 0 Å². The highest BCUT2D eigenvalue weighted by atomic mass is 127. The largest absolute Gasteiger partial charge is 0.383 e. The van der Waals surface area contributed by atoms with Crippen LogP contribution in [0, 0.1) is 0 Å². The van der Waals surface area contributed by atoms with Crippen LogP contribution in [0.3, 0.4) is 0 Å². The molecule has 1 fully saturated rings. The average Bonchev–Trinajstić information content (AvgIpc) is 2.89. The zero-order valence-corrected chi connectivity index (χ0v) is 16.1. The molecule has 0 aromatic heterocycles. The number of guanidine groups is 1. The van der Waals surface area contributed by atoms with Crippen molar-refractivity contribution < 1.29 is 14.3 Å². The number of carbonyl (C=O) groups is 1. The van der Waals surface area contributed by atoms with E-state index in [9.17, 15) is 4.79 Å². The predicted octanol–water partition coefficient (Wildman–Crippen LogP) is 0.491. The second kappa shape index (κ2) is 11.9. The minimum Gasteiger partial charge on any atom is -0.383 e. The van der Waals surface area contributed by atoms with E-state index < -0.39 is 0 Å². The third-order valence-electron chi connectivity index (χ3n) is 3.28. The third kappa shape index (κ3) is 8.74. The van der Waals surface area contributed by atoms with Crippen LogP contribution in [0.4, 0.5) is 0 Å². The molecule has 1 unspecified atom stereocenters. The van der Waals surface area contributed by atoms with Crippen molar-refractivity contribution in [2.45, 2.75) is 32.3 Å². The molecule has 1 aliphatic heterocycles. The molecule has 0 bridgehead atoms. The molecule has 3 N–H and O–H groups in total. The van der Waals surface area contributed by atoms with E-state index >= 15 is 0 Å². The van der Waals surface area contributed by atoms with Crippen LogP contribution in [0.5, 0.6) is 0 Å². The summed E-state index contributed by atoms with van der Waals surface area (Å²) in [5, 5.41) is 9.09. The Hall–Kier alpha value is -0.610. The molecule has 0 radical (unpaired) electrons. The van der Waals surface area contributed by atoms with Crippen LogP contribution in [0.1, 0.15) is 26.7 Å². The number of hydrogen-bond acceptors (Lipinski definition) is 4. The van der Waals surface area contributed by atoms with Gasteiger partial charge in [0.05, 0.1) is 12.2 Å². The molecule has 1 amide bonds. The van der Waals surface area contributed by atoms with Crippen LogP contribution in [-0.4, -0.2) is 64.0 Å². The van der Waals surface area contributed by atoms with Gasteiger partial charge >= 0.3 is 0 Å². The van der Waals surface area contributed by atoms with Crippen molar-refractivity contribution >= 4 is 35.8 Å². The monoisotopic (exact) mass is 428 g/mol. The summed E-state index contributed by atoms with van der Waals surface area (Å²) >= 11 is 0. The highest BCUT2D eigenvalue weighted by Crippen LogP contribution is 2.23. The lowest BCUT2D eigenvalue weighted by Crippen LogP contribution is -2.46. The molecule has 1 atom stereocenters. The van der Waals surface area contributed by atoms with Crippen molar-refractivity contribution in [2.75, 3.05) is 46.5 Å². The van der Waals surface area contributed by atoms with Crippen LogP contribution in [0.25, 0.3) is 0 Å². The number of methoxy groups -OCH3 is 1. The molecule has 0 aromatic rings. The van der Waals surface area contributed by atoms with Gasteiger partial charge in [-0.25, -0.2) is 4.99 Å². The maximum Gasteiger partial charge on any atom is 0.241 e. The van der Waals surface area contributed by atoms with Gasteiger partial charge in [0.1, 0.15) is 6.54 Å². The van der Waals surface area contributed by atoms with Gasteiger partial charge in [-0.15, -0.1) is 24.0 Å². The number of nitrogens with one attached hydrogen (secondary N) is 3. The molecule has 8 heteroatoms. The summed E-state index contributed by atoms with van der Waals surface area (Å²) in [6, 6.07) is 0. The highest BCUT2D eigenvalue weighted by molar-refractivity contribution is 14.0. The van der Waals surface area contributed by atoms with Crippen LogP contribution in [0.2, 0.25) is 0 Å². The van der Waals surface area contributed by atoms with E-state index in [1.807, 2.05) is 6.92 Å². The van der Waals surface area contributed by atoms with E-state index in [-0.39, 0.29) is 42.0 Å². The normalized spacial score (nSPS) is 21.1. The van der Waals surface area contributed by atoms with E-state index in [2.05, 4.69) is 27.9 Å². The Morgan fingerprint density at radius 2 is 2.14 bits per heavy atom. The van der Waals surface area contributed by atoms with Crippen molar-refractivity contribution in [3.63, 3.8) is 0 Å². The first-order chi connectivity index (χ1) is 10.1. The van der Waals surface area contributed by atoms with Gasteiger partial charge < -0.3 is 25.4 Å². The number of carbonyl (C=O) groups excluding carboxylic acids is 1. The molecule has 0 spiro atoms. The van der Waals surface area contributed by atoms with Crippen LogP contribution < -0.4 is 16.0 Å². The standard InChI is InChI=1S/C14H28N4O3.HI/c1-4-15-13(17-10-12(19)16-7-9-20-3)18-11-14(2)6-5-8-21-14;/h4-11H2,1-3H3,(H,16,19)(H2,15,17,18);1H. The van der Waals surface area contributed by atoms with Crippen LogP contribution in [-0.2, 0) is 14.3 Å². The van der Waals surface area contributed by atoms with Gasteiger partial charge in [-0.1, -0.05) is 0 Å². The Labute approximate surface area is 150 Å². The molecule has 0 aliphatic carbocycles. The molecule has 1 aliphatic rings. The minimum atomic E-state index is -0.142. The quantitative estimate of drug-likeness (QED) is 0.227. The van der Waals surface area contributed by atoms with E-state index in [4.69, 9.17) is 9.47 Å². The van der Waals surface area contributed by atoms with Gasteiger partial charge in [0.15, 0.2) is 5.96 Å². The van der Waals surface area contributed by atoms with Gasteiger partial charge in [0.25, 0.3) is 0 Å². The number of halogens is 1. The molecule has 0 aromatic carbocycles. The summed E-state index contributed by atoms with van der Waals surface area (Å²) in [4.78, 5) is 15.9. The fourth-order valence-corrected chi connectivity index (χ4v) is 2.09. The van der Waals surface area contributed by atoms with Gasteiger partial charge in [-0.3, -0.25) is 4.79 Å². The van der Waals surface area contributed by atoms with Crippen LogP contribution >= 0.6 is 24.0 Å². The van der Waals surface area contributed by atoms with E-state index in [0.717, 1.165) is 26.0 Å². The number of nitrogens with zero attached hydrogens (tertiary/aromatic N) is 1. The van der Waals surface area contributed by atoms with Crippen LogP contribution in [0.15, 0.2) is 4.99 Å². The molecule has 1 heterocycles. The maximum atomic E-state index is 11.6. The molecule has 7 nitrogen and oxygen atoms in total. The number of amides is 1. The lowest BCUT2D eigenvalue weighted by molar-refractivity contribution is -0.119. The molecule has 130 valence electrons. The first-order valence-corrected chi connectivity index (χ1v) is 7.51. The lowest BCUT2D eigenvalue weighted by Gasteiger charge is -2.24. The van der Waals surface area contributed by atoms with E-state index in [1.54, 1.807) is 7.11 Å².